The van der Waals surface area contributed by atoms with E-state index in [0.717, 1.165) is 4.88 Å². The highest BCUT2D eigenvalue weighted by Crippen LogP contribution is 2.32. The molecule has 1 aromatic carbocycles. The predicted molar refractivity (Wildman–Crippen MR) is 76.6 cm³/mol. The second-order valence-corrected chi connectivity index (χ2v) is 5.91. The van der Waals surface area contributed by atoms with Gasteiger partial charge in [0.1, 0.15) is 11.5 Å². The Morgan fingerprint density at radius 2 is 1.89 bits per heavy atom. The lowest BCUT2D eigenvalue weighted by atomic mass is 10.0. The largest absolute Gasteiger partial charge is 0.372 e. The van der Waals surface area contributed by atoms with Crippen LogP contribution < -0.4 is 5.32 Å². The molecule has 2 rings (SSSR count). The first kappa shape index (κ1) is 14.0. The maximum atomic E-state index is 14.0. The Balaban J connectivity index is 2.35. The van der Waals surface area contributed by atoms with Gasteiger partial charge in [0.15, 0.2) is 5.82 Å². The third-order valence-corrected chi connectivity index (χ3v) is 4.06. The molecule has 1 unspecified atom stereocenters. The Morgan fingerprint density at radius 3 is 2.47 bits per heavy atom. The van der Waals surface area contributed by atoms with Crippen molar-refractivity contribution in [1.82, 2.24) is 0 Å². The number of hydrogen-bond donors (Lipinski definition) is 1. The number of hydrogen-bond acceptors (Lipinski definition) is 2. The van der Waals surface area contributed by atoms with Crippen LogP contribution in [0.1, 0.15) is 30.3 Å². The van der Waals surface area contributed by atoms with Gasteiger partial charge in [-0.15, -0.1) is 11.3 Å². The lowest BCUT2D eigenvalue weighted by Gasteiger charge is -2.23. The van der Waals surface area contributed by atoms with Gasteiger partial charge in [0.2, 0.25) is 0 Å². The van der Waals surface area contributed by atoms with Crippen LogP contribution in [0.3, 0.4) is 0 Å². The van der Waals surface area contributed by atoms with Crippen molar-refractivity contribution < 1.29 is 8.78 Å². The maximum Gasteiger partial charge on any atom is 0.152 e. The molecule has 0 amide bonds. The van der Waals surface area contributed by atoms with Crippen LogP contribution in [0.4, 0.5) is 14.5 Å². The van der Waals surface area contributed by atoms with Gasteiger partial charge in [0, 0.05) is 4.88 Å². The minimum absolute atomic E-state index is 0.0351. The molecule has 0 aliphatic rings. The molecule has 1 aromatic heterocycles. The van der Waals surface area contributed by atoms with Gasteiger partial charge in [0.25, 0.3) is 0 Å². The molecule has 102 valence electrons. The quantitative estimate of drug-likeness (QED) is 0.817. The maximum absolute atomic E-state index is 14.0. The lowest BCUT2D eigenvalue weighted by molar-refractivity contribution is 0.532. The summed E-state index contributed by atoms with van der Waals surface area (Å²) in [5.41, 5.74) is 0.407. The molecule has 1 N–H and O–H groups in total. The fourth-order valence-electron chi connectivity index (χ4n) is 1.98. The lowest BCUT2D eigenvalue weighted by Crippen LogP contribution is -2.17. The van der Waals surface area contributed by atoms with Crippen molar-refractivity contribution in [3.8, 4) is 0 Å². The normalized spacial score (nSPS) is 12.7. The Bertz CT molecular complexity index is 550. The van der Waals surface area contributed by atoms with Gasteiger partial charge in [-0.1, -0.05) is 26.0 Å². The fourth-order valence-corrected chi connectivity index (χ4v) is 2.93. The van der Waals surface area contributed by atoms with E-state index in [-0.39, 0.29) is 17.6 Å². The van der Waals surface area contributed by atoms with E-state index in [1.807, 2.05) is 31.4 Å². The summed E-state index contributed by atoms with van der Waals surface area (Å²) in [7, 11) is 0. The highest BCUT2D eigenvalue weighted by atomic mass is 32.1. The van der Waals surface area contributed by atoms with E-state index in [4.69, 9.17) is 0 Å². The highest BCUT2D eigenvalue weighted by Gasteiger charge is 2.20. The van der Waals surface area contributed by atoms with Crippen LogP contribution in [0, 0.1) is 24.5 Å². The van der Waals surface area contributed by atoms with Crippen LogP contribution in [0.25, 0.3) is 0 Å². The van der Waals surface area contributed by atoms with Crippen molar-refractivity contribution in [2.75, 3.05) is 5.32 Å². The summed E-state index contributed by atoms with van der Waals surface area (Å²) in [6.07, 6.45) is 0. The van der Waals surface area contributed by atoms with Crippen LogP contribution in [0.2, 0.25) is 0 Å². The number of aryl methyl sites for hydroxylation is 1. The van der Waals surface area contributed by atoms with Crippen molar-refractivity contribution in [3.05, 3.63) is 51.7 Å². The zero-order chi connectivity index (χ0) is 14.0. The summed E-state index contributed by atoms with van der Waals surface area (Å²) in [4.78, 5) is 1.08. The summed E-state index contributed by atoms with van der Waals surface area (Å²) in [6.45, 7) is 5.70. The Labute approximate surface area is 116 Å². The molecule has 4 heteroatoms. The van der Waals surface area contributed by atoms with Gasteiger partial charge in [0.05, 0.1) is 6.04 Å². The number of benzene rings is 1. The van der Waals surface area contributed by atoms with Gasteiger partial charge in [-0.05, 0) is 35.9 Å². The molecular weight excluding hydrogens is 264 g/mol. The van der Waals surface area contributed by atoms with Crippen LogP contribution in [-0.4, -0.2) is 0 Å². The monoisotopic (exact) mass is 281 g/mol. The van der Waals surface area contributed by atoms with Crippen LogP contribution in [0.5, 0.6) is 0 Å². The molecule has 0 spiro atoms. The van der Waals surface area contributed by atoms with E-state index in [0.29, 0.717) is 5.56 Å². The minimum atomic E-state index is -0.551. The first-order chi connectivity index (χ1) is 9.00. The van der Waals surface area contributed by atoms with Crippen LogP contribution in [-0.2, 0) is 0 Å². The molecule has 2 aromatic rings. The SMILES string of the molecule is Cc1ccc(F)c(NC(c2cccs2)C(C)C)c1F. The summed E-state index contributed by atoms with van der Waals surface area (Å²) in [6, 6.07) is 6.58. The molecule has 1 nitrogen and oxygen atoms in total. The van der Waals surface area contributed by atoms with Crippen molar-refractivity contribution in [2.45, 2.75) is 26.8 Å². The summed E-state index contributed by atoms with van der Waals surface area (Å²) < 4.78 is 27.8. The zero-order valence-electron chi connectivity index (χ0n) is 11.2. The van der Waals surface area contributed by atoms with Gasteiger partial charge >= 0.3 is 0 Å². The average molecular weight is 281 g/mol. The second-order valence-electron chi connectivity index (χ2n) is 4.93. The Hall–Kier alpha value is -1.42. The van der Waals surface area contributed by atoms with Crippen molar-refractivity contribution >= 4 is 17.0 Å². The van der Waals surface area contributed by atoms with Gasteiger partial charge in [-0.3, -0.25) is 0 Å². The molecule has 0 aliphatic carbocycles. The Kier molecular flexibility index (Phi) is 4.20. The van der Waals surface area contributed by atoms with Crippen molar-refractivity contribution in [1.29, 1.82) is 0 Å². The molecular formula is C15H17F2NS. The van der Waals surface area contributed by atoms with E-state index in [1.54, 1.807) is 18.3 Å². The minimum Gasteiger partial charge on any atom is -0.372 e. The van der Waals surface area contributed by atoms with E-state index >= 15 is 0 Å². The van der Waals surface area contributed by atoms with E-state index in [2.05, 4.69) is 5.32 Å². The fraction of sp³-hybridized carbons (Fsp3) is 0.333. The van der Waals surface area contributed by atoms with Crippen molar-refractivity contribution in [2.24, 2.45) is 5.92 Å². The summed E-state index contributed by atoms with van der Waals surface area (Å²) in [5, 5.41) is 4.99. The second kappa shape index (κ2) is 5.70. The number of nitrogens with one attached hydrogen (secondary N) is 1. The molecule has 1 atom stereocenters. The van der Waals surface area contributed by atoms with Gasteiger partial charge < -0.3 is 5.32 Å². The van der Waals surface area contributed by atoms with E-state index in [1.165, 1.54) is 12.1 Å². The topological polar surface area (TPSA) is 12.0 Å². The number of thiophene rings is 1. The average Bonchev–Trinajstić information content (AvgIpc) is 2.87. The molecule has 0 saturated carbocycles. The van der Waals surface area contributed by atoms with Crippen LogP contribution in [0.15, 0.2) is 29.6 Å². The number of halogens is 2. The molecule has 0 saturated heterocycles. The first-order valence-electron chi connectivity index (χ1n) is 6.25. The molecule has 1 heterocycles. The third-order valence-electron chi connectivity index (χ3n) is 3.10. The van der Waals surface area contributed by atoms with E-state index < -0.39 is 11.6 Å². The van der Waals surface area contributed by atoms with Gasteiger partial charge in [-0.2, -0.15) is 0 Å². The number of anilines is 1. The van der Waals surface area contributed by atoms with E-state index in [9.17, 15) is 8.78 Å². The molecule has 0 aliphatic heterocycles. The summed E-state index contributed by atoms with van der Waals surface area (Å²) in [5.74, 6) is -0.828. The number of rotatable bonds is 4. The molecule has 0 bridgehead atoms. The predicted octanol–water partition coefficient (Wildman–Crippen LogP) is 5.14. The highest BCUT2D eigenvalue weighted by molar-refractivity contribution is 7.10. The smallest absolute Gasteiger partial charge is 0.152 e. The summed E-state index contributed by atoms with van der Waals surface area (Å²) >= 11 is 1.59. The molecule has 0 fully saturated rings. The van der Waals surface area contributed by atoms with Crippen LogP contribution >= 0.6 is 11.3 Å². The van der Waals surface area contributed by atoms with Gasteiger partial charge in [-0.25, -0.2) is 8.78 Å². The standard InChI is InChI=1S/C15H17F2NS/c1-9(2)14(12-5-4-8-19-12)18-15-11(16)7-6-10(3)13(15)17/h4-9,14,18H,1-3H3. The molecule has 19 heavy (non-hydrogen) atoms. The zero-order valence-corrected chi connectivity index (χ0v) is 12.0. The van der Waals surface area contributed by atoms with Crippen molar-refractivity contribution in [3.63, 3.8) is 0 Å². The Morgan fingerprint density at radius 1 is 1.16 bits per heavy atom. The third kappa shape index (κ3) is 2.95. The first-order valence-corrected chi connectivity index (χ1v) is 7.13. The molecule has 0 radical (unpaired) electrons.